The molecule has 0 fully saturated rings. The highest BCUT2D eigenvalue weighted by Gasteiger charge is 2.17. The van der Waals surface area contributed by atoms with Gasteiger partial charge in [0.25, 0.3) is 5.91 Å². The number of imidazole rings is 1. The summed E-state index contributed by atoms with van der Waals surface area (Å²) in [5.41, 5.74) is 5.24. The molecule has 2 aromatic heterocycles. The Kier molecular flexibility index (Phi) is 3.90. The Morgan fingerprint density at radius 3 is 2.48 bits per heavy atom. The molecule has 4 heteroatoms. The minimum absolute atomic E-state index is 0.141. The molecule has 0 aliphatic heterocycles. The van der Waals surface area contributed by atoms with Crippen molar-refractivity contribution in [3.8, 4) is 0 Å². The monoisotopic (exact) mass is 307 g/mol. The summed E-state index contributed by atoms with van der Waals surface area (Å²) in [6.07, 6.45) is 1.87. The zero-order valence-electron chi connectivity index (χ0n) is 13.9. The average molecular weight is 307 g/mol. The van der Waals surface area contributed by atoms with Gasteiger partial charge in [-0.3, -0.25) is 9.20 Å². The summed E-state index contributed by atoms with van der Waals surface area (Å²) in [6.45, 7) is 8.16. The number of nitrogens with one attached hydrogen (secondary N) is 1. The van der Waals surface area contributed by atoms with Gasteiger partial charge in [0, 0.05) is 11.9 Å². The van der Waals surface area contributed by atoms with E-state index in [0.29, 0.717) is 11.6 Å². The minimum atomic E-state index is -0.141. The SMILES string of the molecule is Cc1nc2c(C)cccn2c1C(=O)Nc1ccc(C(C)C)cc1. The summed E-state index contributed by atoms with van der Waals surface area (Å²) in [7, 11) is 0. The molecule has 1 aromatic carbocycles. The first-order valence-electron chi connectivity index (χ1n) is 7.83. The average Bonchev–Trinajstić information content (AvgIpc) is 2.85. The third-order valence-electron chi connectivity index (χ3n) is 4.07. The fourth-order valence-corrected chi connectivity index (χ4v) is 2.73. The second-order valence-electron chi connectivity index (χ2n) is 6.16. The summed E-state index contributed by atoms with van der Waals surface area (Å²) in [4.78, 5) is 17.2. The number of rotatable bonds is 3. The van der Waals surface area contributed by atoms with Gasteiger partial charge in [-0.25, -0.2) is 4.98 Å². The molecule has 0 aliphatic rings. The molecule has 0 saturated heterocycles. The standard InChI is InChI=1S/C19H21N3O/c1-12(2)15-7-9-16(10-8-15)21-19(23)17-14(4)20-18-13(3)6-5-11-22(17)18/h5-12H,1-4H3,(H,21,23). The van der Waals surface area contributed by atoms with Crippen molar-refractivity contribution in [1.29, 1.82) is 0 Å². The molecule has 4 nitrogen and oxygen atoms in total. The van der Waals surface area contributed by atoms with E-state index in [1.54, 1.807) is 0 Å². The highest BCUT2D eigenvalue weighted by molar-refractivity contribution is 6.04. The van der Waals surface area contributed by atoms with Gasteiger partial charge in [-0.15, -0.1) is 0 Å². The van der Waals surface area contributed by atoms with Crippen molar-refractivity contribution < 1.29 is 4.79 Å². The number of hydrogen-bond donors (Lipinski definition) is 1. The summed E-state index contributed by atoms with van der Waals surface area (Å²) in [5.74, 6) is 0.335. The molecule has 0 aliphatic carbocycles. The van der Waals surface area contributed by atoms with Crippen LogP contribution in [0, 0.1) is 13.8 Å². The van der Waals surface area contributed by atoms with Crippen LogP contribution in [0.15, 0.2) is 42.6 Å². The second kappa shape index (κ2) is 5.88. The first-order chi connectivity index (χ1) is 11.0. The van der Waals surface area contributed by atoms with E-state index in [1.807, 2.05) is 60.8 Å². The third kappa shape index (κ3) is 2.84. The van der Waals surface area contributed by atoms with Gasteiger partial charge in [0.2, 0.25) is 0 Å². The van der Waals surface area contributed by atoms with Crippen molar-refractivity contribution in [1.82, 2.24) is 9.38 Å². The van der Waals surface area contributed by atoms with Crippen molar-refractivity contribution in [2.24, 2.45) is 0 Å². The maximum Gasteiger partial charge on any atom is 0.274 e. The van der Waals surface area contributed by atoms with Crippen molar-refractivity contribution in [2.75, 3.05) is 5.32 Å². The molecule has 3 aromatic rings. The number of fused-ring (bicyclic) bond motifs is 1. The molecule has 0 radical (unpaired) electrons. The van der Waals surface area contributed by atoms with E-state index in [-0.39, 0.29) is 5.91 Å². The maximum absolute atomic E-state index is 12.7. The number of anilines is 1. The molecule has 118 valence electrons. The van der Waals surface area contributed by atoms with Crippen molar-refractivity contribution in [3.05, 3.63) is 65.1 Å². The van der Waals surface area contributed by atoms with Gasteiger partial charge in [0.05, 0.1) is 5.69 Å². The quantitative estimate of drug-likeness (QED) is 0.783. The molecule has 0 saturated carbocycles. The van der Waals surface area contributed by atoms with E-state index >= 15 is 0 Å². The molecular weight excluding hydrogens is 286 g/mol. The van der Waals surface area contributed by atoms with Crippen molar-refractivity contribution in [2.45, 2.75) is 33.6 Å². The van der Waals surface area contributed by atoms with Crippen LogP contribution < -0.4 is 5.32 Å². The predicted octanol–water partition coefficient (Wildman–Crippen LogP) is 4.33. The highest BCUT2D eigenvalue weighted by atomic mass is 16.2. The van der Waals surface area contributed by atoms with Crippen molar-refractivity contribution in [3.63, 3.8) is 0 Å². The molecule has 1 N–H and O–H groups in total. The number of carbonyl (C=O) groups excluding carboxylic acids is 1. The Morgan fingerprint density at radius 1 is 1.13 bits per heavy atom. The zero-order chi connectivity index (χ0) is 16.6. The predicted molar refractivity (Wildman–Crippen MR) is 93.2 cm³/mol. The number of amides is 1. The second-order valence-corrected chi connectivity index (χ2v) is 6.16. The van der Waals surface area contributed by atoms with Crippen LogP contribution in [0.3, 0.4) is 0 Å². The topological polar surface area (TPSA) is 46.4 Å². The molecule has 0 atom stereocenters. The Hall–Kier alpha value is -2.62. The van der Waals surface area contributed by atoms with E-state index in [1.165, 1.54) is 5.56 Å². The number of aryl methyl sites for hydroxylation is 2. The van der Waals surface area contributed by atoms with E-state index < -0.39 is 0 Å². The van der Waals surface area contributed by atoms with E-state index in [0.717, 1.165) is 22.6 Å². The first-order valence-corrected chi connectivity index (χ1v) is 7.83. The number of pyridine rings is 1. The van der Waals surface area contributed by atoms with Gasteiger partial charge < -0.3 is 5.32 Å². The molecule has 0 unspecified atom stereocenters. The van der Waals surface area contributed by atoms with Crippen LogP contribution in [0.4, 0.5) is 5.69 Å². The lowest BCUT2D eigenvalue weighted by Gasteiger charge is -2.09. The Balaban J connectivity index is 1.92. The third-order valence-corrected chi connectivity index (χ3v) is 4.07. The highest BCUT2D eigenvalue weighted by Crippen LogP contribution is 2.19. The van der Waals surface area contributed by atoms with Crippen LogP contribution in [0.1, 0.15) is 47.1 Å². The fraction of sp³-hybridized carbons (Fsp3) is 0.263. The number of carbonyl (C=O) groups is 1. The van der Waals surface area contributed by atoms with Gasteiger partial charge >= 0.3 is 0 Å². The molecule has 0 spiro atoms. The normalized spacial score (nSPS) is 11.2. The molecule has 0 bridgehead atoms. The van der Waals surface area contributed by atoms with Gasteiger partial charge in [-0.2, -0.15) is 0 Å². The molecule has 2 heterocycles. The van der Waals surface area contributed by atoms with Crippen LogP contribution in [0.5, 0.6) is 0 Å². The smallest absolute Gasteiger partial charge is 0.274 e. The van der Waals surface area contributed by atoms with Gasteiger partial charge in [-0.05, 0) is 49.1 Å². The number of benzene rings is 1. The van der Waals surface area contributed by atoms with E-state index in [4.69, 9.17) is 0 Å². The zero-order valence-corrected chi connectivity index (χ0v) is 13.9. The van der Waals surface area contributed by atoms with E-state index in [9.17, 15) is 4.79 Å². The Bertz CT molecular complexity index is 860. The summed E-state index contributed by atoms with van der Waals surface area (Å²) in [6, 6.07) is 11.9. The van der Waals surface area contributed by atoms with Crippen LogP contribution in [0.2, 0.25) is 0 Å². The molecule has 3 rings (SSSR count). The molecule has 23 heavy (non-hydrogen) atoms. The summed E-state index contributed by atoms with van der Waals surface area (Å²) in [5, 5.41) is 2.96. The number of nitrogens with zero attached hydrogens (tertiary/aromatic N) is 2. The Labute approximate surface area is 136 Å². The minimum Gasteiger partial charge on any atom is -0.321 e. The van der Waals surface area contributed by atoms with Gasteiger partial charge in [-0.1, -0.05) is 32.0 Å². The van der Waals surface area contributed by atoms with Gasteiger partial charge in [0.1, 0.15) is 11.3 Å². The molecular formula is C19H21N3O. The first kappa shape index (κ1) is 15.3. The molecule has 1 amide bonds. The van der Waals surface area contributed by atoms with Crippen LogP contribution in [-0.2, 0) is 0 Å². The number of hydrogen-bond acceptors (Lipinski definition) is 2. The van der Waals surface area contributed by atoms with Crippen LogP contribution in [0.25, 0.3) is 5.65 Å². The number of aromatic nitrogens is 2. The van der Waals surface area contributed by atoms with Crippen molar-refractivity contribution >= 4 is 17.2 Å². The van der Waals surface area contributed by atoms with Gasteiger partial charge in [0.15, 0.2) is 0 Å². The summed E-state index contributed by atoms with van der Waals surface area (Å²) < 4.78 is 1.85. The fourth-order valence-electron chi connectivity index (χ4n) is 2.73. The lowest BCUT2D eigenvalue weighted by molar-refractivity contribution is 0.102. The largest absolute Gasteiger partial charge is 0.321 e. The Morgan fingerprint density at radius 2 is 1.83 bits per heavy atom. The summed E-state index contributed by atoms with van der Waals surface area (Å²) >= 11 is 0. The lowest BCUT2D eigenvalue weighted by Crippen LogP contribution is -2.15. The van der Waals surface area contributed by atoms with E-state index in [2.05, 4.69) is 24.1 Å². The lowest BCUT2D eigenvalue weighted by atomic mass is 10.0. The maximum atomic E-state index is 12.7. The van der Waals surface area contributed by atoms with Crippen LogP contribution in [-0.4, -0.2) is 15.3 Å². The van der Waals surface area contributed by atoms with Crippen LogP contribution >= 0.6 is 0 Å².